The Kier molecular flexibility index (Phi) is 5.51. The summed E-state index contributed by atoms with van der Waals surface area (Å²) in [6, 6.07) is 17.0. The second kappa shape index (κ2) is 8.18. The van der Waals surface area contributed by atoms with Gasteiger partial charge >= 0.3 is 0 Å². The molecule has 0 aliphatic rings. The second-order valence-electron chi connectivity index (χ2n) is 6.14. The van der Waals surface area contributed by atoms with Gasteiger partial charge in [-0.15, -0.1) is 0 Å². The number of amides is 1. The molecule has 0 fully saturated rings. The Morgan fingerprint density at radius 3 is 2.52 bits per heavy atom. The highest BCUT2D eigenvalue weighted by Crippen LogP contribution is 2.08. The number of nitrogens with one attached hydrogen (secondary N) is 3. The van der Waals surface area contributed by atoms with Crippen molar-refractivity contribution >= 4 is 17.8 Å². The number of hydrogen-bond donors (Lipinski definition) is 3. The fourth-order valence-electron chi connectivity index (χ4n) is 2.53. The van der Waals surface area contributed by atoms with Gasteiger partial charge in [-0.05, 0) is 38.1 Å². The molecule has 2 aromatic carbocycles. The third-order valence-electron chi connectivity index (χ3n) is 4.02. The molecular weight excluding hydrogens is 342 g/mol. The fourth-order valence-corrected chi connectivity index (χ4v) is 2.53. The number of aromatic amines is 1. The van der Waals surface area contributed by atoms with Crippen molar-refractivity contribution in [3.8, 4) is 5.69 Å². The Bertz CT molecular complexity index is 1000. The van der Waals surface area contributed by atoms with Gasteiger partial charge in [-0.2, -0.15) is 5.10 Å². The number of aromatic nitrogens is 2. The van der Waals surface area contributed by atoms with E-state index < -0.39 is 0 Å². The molecule has 27 heavy (non-hydrogen) atoms. The summed E-state index contributed by atoms with van der Waals surface area (Å²) < 4.78 is 1.44. The normalized spacial score (nSPS) is 10.9. The first-order valence-electron chi connectivity index (χ1n) is 8.54. The quantitative estimate of drug-likeness (QED) is 0.464. The summed E-state index contributed by atoms with van der Waals surface area (Å²) in [5.41, 5.74) is 5.99. The Morgan fingerprint density at radius 1 is 1.11 bits per heavy atom. The molecule has 7 nitrogen and oxygen atoms in total. The standard InChI is InChI=1S/C20H21N5O2/c1-14-8-10-16(11-9-14)21-13-19(26)23-22-12-18-15(2)24-25(20(18)27)17-6-4-3-5-7-17/h3-12,21,24H,13H2,1-2H3,(H,23,26). The molecule has 0 atom stereocenters. The van der Waals surface area contributed by atoms with Gasteiger partial charge in [-0.3, -0.25) is 14.7 Å². The molecule has 0 saturated carbocycles. The molecule has 0 spiro atoms. The summed E-state index contributed by atoms with van der Waals surface area (Å²) in [7, 11) is 0. The van der Waals surface area contributed by atoms with E-state index in [0.717, 1.165) is 16.9 Å². The molecule has 0 radical (unpaired) electrons. The van der Waals surface area contributed by atoms with Gasteiger partial charge in [-0.1, -0.05) is 35.9 Å². The van der Waals surface area contributed by atoms with Gasteiger partial charge in [0.25, 0.3) is 11.5 Å². The van der Waals surface area contributed by atoms with E-state index in [1.807, 2.05) is 61.5 Å². The molecule has 3 rings (SSSR count). The van der Waals surface area contributed by atoms with Crippen LogP contribution < -0.4 is 16.3 Å². The number of H-pyrrole nitrogens is 1. The maximum atomic E-state index is 12.5. The van der Waals surface area contributed by atoms with Crippen LogP contribution in [0.1, 0.15) is 16.8 Å². The van der Waals surface area contributed by atoms with Gasteiger partial charge in [0, 0.05) is 11.4 Å². The molecule has 1 heterocycles. The van der Waals surface area contributed by atoms with Crippen molar-refractivity contribution in [2.45, 2.75) is 13.8 Å². The van der Waals surface area contributed by atoms with Gasteiger partial charge in [0.2, 0.25) is 0 Å². The van der Waals surface area contributed by atoms with E-state index in [9.17, 15) is 9.59 Å². The molecule has 1 amide bonds. The van der Waals surface area contributed by atoms with E-state index in [4.69, 9.17) is 0 Å². The van der Waals surface area contributed by atoms with E-state index in [2.05, 4.69) is 20.9 Å². The van der Waals surface area contributed by atoms with Gasteiger partial charge in [0.1, 0.15) is 0 Å². The molecule has 1 aromatic heterocycles. The van der Waals surface area contributed by atoms with Crippen molar-refractivity contribution in [1.82, 2.24) is 15.2 Å². The summed E-state index contributed by atoms with van der Waals surface area (Å²) in [6.07, 6.45) is 1.36. The van der Waals surface area contributed by atoms with Crippen LogP contribution in [0.15, 0.2) is 64.5 Å². The minimum absolute atomic E-state index is 0.0841. The summed E-state index contributed by atoms with van der Waals surface area (Å²) in [5, 5.41) is 9.92. The van der Waals surface area contributed by atoms with Crippen molar-refractivity contribution < 1.29 is 4.79 Å². The van der Waals surface area contributed by atoms with Crippen LogP contribution in [0, 0.1) is 13.8 Å². The van der Waals surface area contributed by atoms with Crippen molar-refractivity contribution in [2.24, 2.45) is 5.10 Å². The lowest BCUT2D eigenvalue weighted by atomic mass is 10.2. The van der Waals surface area contributed by atoms with Crippen LogP contribution >= 0.6 is 0 Å². The third kappa shape index (κ3) is 4.52. The molecule has 138 valence electrons. The molecule has 0 bridgehead atoms. The van der Waals surface area contributed by atoms with E-state index in [0.29, 0.717) is 11.3 Å². The average Bonchev–Trinajstić information content (AvgIpc) is 2.96. The number of hydrazone groups is 1. The Hall–Kier alpha value is -3.61. The van der Waals surface area contributed by atoms with Crippen molar-refractivity contribution in [3.63, 3.8) is 0 Å². The predicted octanol–water partition coefficient (Wildman–Crippen LogP) is 2.34. The number of aryl methyl sites for hydroxylation is 2. The molecule has 0 aliphatic heterocycles. The highest BCUT2D eigenvalue weighted by atomic mass is 16.2. The molecular formula is C20H21N5O2. The van der Waals surface area contributed by atoms with Crippen LogP contribution in [0.25, 0.3) is 5.69 Å². The van der Waals surface area contributed by atoms with Crippen LogP contribution in [0.4, 0.5) is 5.69 Å². The lowest BCUT2D eigenvalue weighted by molar-refractivity contribution is -0.119. The monoisotopic (exact) mass is 363 g/mol. The van der Waals surface area contributed by atoms with Gasteiger partial charge < -0.3 is 5.32 Å². The first-order chi connectivity index (χ1) is 13.0. The Balaban J connectivity index is 1.61. The zero-order chi connectivity index (χ0) is 19.2. The molecule has 7 heteroatoms. The Labute approximate surface area is 156 Å². The minimum Gasteiger partial charge on any atom is -0.376 e. The van der Waals surface area contributed by atoms with E-state index >= 15 is 0 Å². The maximum absolute atomic E-state index is 12.5. The van der Waals surface area contributed by atoms with Crippen LogP contribution in [-0.4, -0.2) is 28.4 Å². The minimum atomic E-state index is -0.302. The van der Waals surface area contributed by atoms with Gasteiger partial charge in [-0.25, -0.2) is 10.1 Å². The van der Waals surface area contributed by atoms with E-state index in [1.165, 1.54) is 10.9 Å². The first-order valence-corrected chi connectivity index (χ1v) is 8.54. The van der Waals surface area contributed by atoms with Gasteiger partial charge in [0.15, 0.2) is 0 Å². The predicted molar refractivity (Wildman–Crippen MR) is 107 cm³/mol. The highest BCUT2D eigenvalue weighted by molar-refractivity contribution is 5.84. The van der Waals surface area contributed by atoms with Crippen molar-refractivity contribution in [1.29, 1.82) is 0 Å². The molecule has 0 unspecified atom stereocenters. The SMILES string of the molecule is Cc1ccc(NCC(=O)NN=Cc2c(C)[nH]n(-c3ccccc3)c2=O)cc1. The Morgan fingerprint density at radius 2 is 1.81 bits per heavy atom. The van der Waals surface area contributed by atoms with Gasteiger partial charge in [0.05, 0.1) is 24.0 Å². The number of benzene rings is 2. The summed E-state index contributed by atoms with van der Waals surface area (Å²) >= 11 is 0. The zero-order valence-corrected chi connectivity index (χ0v) is 15.2. The molecule has 0 aliphatic carbocycles. The zero-order valence-electron chi connectivity index (χ0n) is 15.2. The smallest absolute Gasteiger partial charge is 0.280 e. The lowest BCUT2D eigenvalue weighted by Gasteiger charge is -2.05. The number of carbonyl (C=O) groups is 1. The van der Waals surface area contributed by atoms with Crippen LogP contribution in [0.3, 0.4) is 0 Å². The average molecular weight is 363 g/mol. The summed E-state index contributed by atoms with van der Waals surface area (Å²) in [6.45, 7) is 3.86. The van der Waals surface area contributed by atoms with Crippen LogP contribution in [-0.2, 0) is 4.79 Å². The summed E-state index contributed by atoms with van der Waals surface area (Å²) in [5.74, 6) is -0.302. The van der Waals surface area contributed by atoms with Crippen LogP contribution in [0.2, 0.25) is 0 Å². The van der Waals surface area contributed by atoms with Crippen molar-refractivity contribution in [2.75, 3.05) is 11.9 Å². The van der Waals surface area contributed by atoms with Crippen LogP contribution in [0.5, 0.6) is 0 Å². The number of anilines is 1. The molecule has 3 N–H and O–H groups in total. The largest absolute Gasteiger partial charge is 0.376 e. The number of para-hydroxylation sites is 1. The second-order valence-corrected chi connectivity index (χ2v) is 6.14. The topological polar surface area (TPSA) is 91.3 Å². The number of hydrogen-bond acceptors (Lipinski definition) is 4. The fraction of sp³-hybridized carbons (Fsp3) is 0.150. The number of carbonyl (C=O) groups excluding carboxylic acids is 1. The third-order valence-corrected chi connectivity index (χ3v) is 4.02. The van der Waals surface area contributed by atoms with Crippen molar-refractivity contribution in [3.05, 3.63) is 81.8 Å². The number of rotatable bonds is 6. The maximum Gasteiger partial charge on any atom is 0.280 e. The lowest BCUT2D eigenvalue weighted by Crippen LogP contribution is -2.26. The molecule has 3 aromatic rings. The first kappa shape index (κ1) is 18.2. The molecule has 0 saturated heterocycles. The number of nitrogens with zero attached hydrogens (tertiary/aromatic N) is 2. The summed E-state index contributed by atoms with van der Waals surface area (Å²) in [4.78, 5) is 24.4. The van der Waals surface area contributed by atoms with E-state index in [-0.39, 0.29) is 18.0 Å². The van der Waals surface area contributed by atoms with E-state index in [1.54, 1.807) is 6.92 Å². The highest BCUT2D eigenvalue weighted by Gasteiger charge is 2.10.